The molecule has 5 nitrogen and oxygen atoms in total. The Bertz CT molecular complexity index is 855. The first-order chi connectivity index (χ1) is 13.8. The average molecular weight is 377 g/mol. The molecule has 1 atom stereocenters. The van der Waals surface area contributed by atoms with Gasteiger partial charge in [0, 0.05) is 44.6 Å². The van der Waals surface area contributed by atoms with E-state index in [4.69, 9.17) is 4.74 Å². The van der Waals surface area contributed by atoms with E-state index in [-0.39, 0.29) is 0 Å². The molecule has 0 bridgehead atoms. The minimum atomic E-state index is 0.368. The van der Waals surface area contributed by atoms with Crippen LogP contribution in [0.4, 0.5) is 0 Å². The standard InChI is InChI=1S/C23H28N4O/c1-19-4-2-5-21(16-19)23(26-12-14-28-15-13-26)18-24-17-20-6-8-22(9-7-20)27-11-3-10-25-27/h2-11,16,23-24H,12-15,17-18H2,1H3/t23-/m0/s1. The van der Waals surface area contributed by atoms with Crippen molar-refractivity contribution in [1.82, 2.24) is 20.0 Å². The monoisotopic (exact) mass is 376 g/mol. The van der Waals surface area contributed by atoms with Crippen LogP contribution in [0.25, 0.3) is 5.69 Å². The van der Waals surface area contributed by atoms with Crippen LogP contribution in [0.3, 0.4) is 0 Å². The normalized spacial score (nSPS) is 16.2. The number of benzene rings is 2. The molecule has 0 spiro atoms. The highest BCUT2D eigenvalue weighted by atomic mass is 16.5. The van der Waals surface area contributed by atoms with Gasteiger partial charge in [-0.15, -0.1) is 0 Å². The van der Waals surface area contributed by atoms with Gasteiger partial charge in [0.25, 0.3) is 0 Å². The molecule has 5 heteroatoms. The molecule has 0 aliphatic carbocycles. The van der Waals surface area contributed by atoms with Gasteiger partial charge in [0.2, 0.25) is 0 Å². The van der Waals surface area contributed by atoms with E-state index >= 15 is 0 Å². The quantitative estimate of drug-likeness (QED) is 0.687. The Kier molecular flexibility index (Phi) is 6.17. The van der Waals surface area contributed by atoms with Gasteiger partial charge >= 0.3 is 0 Å². The summed E-state index contributed by atoms with van der Waals surface area (Å²) in [6.45, 7) is 7.54. The molecule has 28 heavy (non-hydrogen) atoms. The summed E-state index contributed by atoms with van der Waals surface area (Å²) in [5.41, 5.74) is 5.05. The Morgan fingerprint density at radius 3 is 2.61 bits per heavy atom. The van der Waals surface area contributed by atoms with Gasteiger partial charge in [0.05, 0.1) is 18.9 Å². The second-order valence-corrected chi connectivity index (χ2v) is 7.33. The molecule has 1 saturated heterocycles. The van der Waals surface area contributed by atoms with Crippen molar-refractivity contribution in [3.8, 4) is 5.69 Å². The Morgan fingerprint density at radius 1 is 1.07 bits per heavy atom. The van der Waals surface area contributed by atoms with E-state index in [1.165, 1.54) is 16.7 Å². The van der Waals surface area contributed by atoms with Crippen molar-refractivity contribution in [1.29, 1.82) is 0 Å². The van der Waals surface area contributed by atoms with Crippen LogP contribution in [0.5, 0.6) is 0 Å². The third-order valence-electron chi connectivity index (χ3n) is 5.29. The van der Waals surface area contributed by atoms with Crippen molar-refractivity contribution in [2.45, 2.75) is 19.5 Å². The highest BCUT2D eigenvalue weighted by molar-refractivity contribution is 5.33. The SMILES string of the molecule is Cc1cccc([C@H](CNCc2ccc(-n3cccn3)cc2)N2CCOCC2)c1. The van der Waals surface area contributed by atoms with Gasteiger partial charge in [-0.05, 0) is 36.2 Å². The summed E-state index contributed by atoms with van der Waals surface area (Å²) in [4.78, 5) is 2.53. The third kappa shape index (κ3) is 4.68. The maximum absolute atomic E-state index is 5.56. The number of nitrogens with one attached hydrogen (secondary N) is 1. The fraction of sp³-hybridized carbons (Fsp3) is 0.348. The molecule has 2 aromatic carbocycles. The number of ether oxygens (including phenoxy) is 1. The number of nitrogens with zero attached hydrogens (tertiary/aromatic N) is 3. The first-order valence-electron chi connectivity index (χ1n) is 9.97. The van der Waals surface area contributed by atoms with Gasteiger partial charge in [-0.2, -0.15) is 5.10 Å². The van der Waals surface area contributed by atoms with Crippen LogP contribution in [0, 0.1) is 6.92 Å². The maximum atomic E-state index is 5.56. The maximum Gasteiger partial charge on any atom is 0.0645 e. The minimum absolute atomic E-state index is 0.368. The number of hydrogen-bond acceptors (Lipinski definition) is 4. The highest BCUT2D eigenvalue weighted by Gasteiger charge is 2.22. The van der Waals surface area contributed by atoms with Crippen LogP contribution in [0.1, 0.15) is 22.7 Å². The minimum Gasteiger partial charge on any atom is -0.379 e. The summed E-state index contributed by atoms with van der Waals surface area (Å²) in [5.74, 6) is 0. The summed E-state index contributed by atoms with van der Waals surface area (Å²) in [6, 6.07) is 19.7. The summed E-state index contributed by atoms with van der Waals surface area (Å²) >= 11 is 0. The molecule has 1 N–H and O–H groups in total. The molecule has 1 aromatic heterocycles. The van der Waals surface area contributed by atoms with Gasteiger partial charge in [-0.1, -0.05) is 42.0 Å². The molecule has 0 saturated carbocycles. The second-order valence-electron chi connectivity index (χ2n) is 7.33. The zero-order valence-corrected chi connectivity index (χ0v) is 16.4. The summed E-state index contributed by atoms with van der Waals surface area (Å²) in [7, 11) is 0. The van der Waals surface area contributed by atoms with Crippen molar-refractivity contribution < 1.29 is 4.74 Å². The molecule has 0 amide bonds. The fourth-order valence-electron chi connectivity index (χ4n) is 3.77. The molecule has 1 aliphatic rings. The zero-order chi connectivity index (χ0) is 19.2. The van der Waals surface area contributed by atoms with Crippen LogP contribution in [0.15, 0.2) is 67.0 Å². The molecule has 0 radical (unpaired) electrons. The van der Waals surface area contributed by atoms with E-state index in [0.717, 1.165) is 45.1 Å². The fourth-order valence-corrected chi connectivity index (χ4v) is 3.77. The molecular weight excluding hydrogens is 348 g/mol. The molecule has 1 aliphatic heterocycles. The summed E-state index contributed by atoms with van der Waals surface area (Å²) in [5, 5.41) is 7.95. The van der Waals surface area contributed by atoms with E-state index in [1.807, 2.05) is 16.9 Å². The summed E-state index contributed by atoms with van der Waals surface area (Å²) < 4.78 is 7.43. The highest BCUT2D eigenvalue weighted by Crippen LogP contribution is 2.22. The van der Waals surface area contributed by atoms with Gasteiger partial charge in [0.15, 0.2) is 0 Å². The average Bonchev–Trinajstić information content (AvgIpc) is 3.27. The smallest absolute Gasteiger partial charge is 0.0645 e. The molecule has 2 heterocycles. The van der Waals surface area contributed by atoms with E-state index in [1.54, 1.807) is 6.20 Å². The Balaban J connectivity index is 1.40. The summed E-state index contributed by atoms with van der Waals surface area (Å²) in [6.07, 6.45) is 3.76. The van der Waals surface area contributed by atoms with E-state index < -0.39 is 0 Å². The van der Waals surface area contributed by atoms with Crippen molar-refractivity contribution in [3.05, 3.63) is 83.7 Å². The van der Waals surface area contributed by atoms with Crippen LogP contribution >= 0.6 is 0 Å². The molecule has 4 rings (SSSR count). The Hall–Kier alpha value is -2.47. The number of aromatic nitrogens is 2. The number of aryl methyl sites for hydroxylation is 1. The molecule has 0 unspecified atom stereocenters. The third-order valence-corrected chi connectivity index (χ3v) is 5.29. The van der Waals surface area contributed by atoms with Gasteiger partial charge in [0.1, 0.15) is 0 Å². The second kappa shape index (κ2) is 9.15. The molecule has 146 valence electrons. The van der Waals surface area contributed by atoms with Crippen molar-refractivity contribution in [3.63, 3.8) is 0 Å². The predicted octanol–water partition coefficient (Wildman–Crippen LogP) is 3.34. The van der Waals surface area contributed by atoms with Gasteiger partial charge < -0.3 is 10.1 Å². The Morgan fingerprint density at radius 2 is 1.89 bits per heavy atom. The lowest BCUT2D eigenvalue weighted by Crippen LogP contribution is -2.42. The van der Waals surface area contributed by atoms with Gasteiger partial charge in [-0.3, -0.25) is 4.90 Å². The molecular formula is C23H28N4O. The van der Waals surface area contributed by atoms with Crippen molar-refractivity contribution >= 4 is 0 Å². The van der Waals surface area contributed by atoms with Gasteiger partial charge in [-0.25, -0.2) is 4.68 Å². The van der Waals surface area contributed by atoms with E-state index in [9.17, 15) is 0 Å². The first-order valence-corrected chi connectivity index (χ1v) is 9.97. The van der Waals surface area contributed by atoms with E-state index in [2.05, 4.69) is 70.8 Å². The van der Waals surface area contributed by atoms with Crippen LogP contribution in [0.2, 0.25) is 0 Å². The number of rotatable bonds is 7. The van der Waals surface area contributed by atoms with E-state index in [0.29, 0.717) is 6.04 Å². The zero-order valence-electron chi connectivity index (χ0n) is 16.4. The predicted molar refractivity (Wildman–Crippen MR) is 112 cm³/mol. The lowest BCUT2D eigenvalue weighted by Gasteiger charge is -2.35. The topological polar surface area (TPSA) is 42.3 Å². The number of morpholine rings is 1. The lowest BCUT2D eigenvalue weighted by molar-refractivity contribution is 0.0161. The first kappa shape index (κ1) is 18.9. The van der Waals surface area contributed by atoms with Crippen molar-refractivity contribution in [2.24, 2.45) is 0 Å². The van der Waals surface area contributed by atoms with Crippen LogP contribution < -0.4 is 5.32 Å². The molecule has 1 fully saturated rings. The largest absolute Gasteiger partial charge is 0.379 e. The van der Waals surface area contributed by atoms with Crippen LogP contribution in [-0.2, 0) is 11.3 Å². The van der Waals surface area contributed by atoms with Crippen LogP contribution in [-0.4, -0.2) is 47.5 Å². The molecule has 3 aromatic rings. The van der Waals surface area contributed by atoms with Crippen molar-refractivity contribution in [2.75, 3.05) is 32.8 Å². The Labute approximate surface area is 166 Å². The lowest BCUT2D eigenvalue weighted by atomic mass is 10.0. The number of hydrogen-bond donors (Lipinski definition) is 1.